The summed E-state index contributed by atoms with van der Waals surface area (Å²) in [5.74, 6) is -0.372. The predicted octanol–water partition coefficient (Wildman–Crippen LogP) is 3.72. The van der Waals surface area contributed by atoms with E-state index in [1.807, 2.05) is 0 Å². The first-order chi connectivity index (χ1) is 9.32. The van der Waals surface area contributed by atoms with E-state index in [0.29, 0.717) is 0 Å². The molecule has 3 nitrogen and oxygen atoms in total. The number of hydrogen-bond acceptors (Lipinski definition) is 3. The molecule has 0 spiro atoms. The van der Waals surface area contributed by atoms with E-state index in [-0.39, 0.29) is 16.6 Å². The van der Waals surface area contributed by atoms with E-state index in [0.717, 1.165) is 25.0 Å². The molecule has 0 aromatic heterocycles. The van der Waals surface area contributed by atoms with Crippen molar-refractivity contribution in [2.45, 2.75) is 25.1 Å². The Morgan fingerprint density at radius 1 is 1.45 bits per heavy atom. The summed E-state index contributed by atoms with van der Waals surface area (Å²) in [6.07, 6.45) is -2.83. The van der Waals surface area contributed by atoms with Gasteiger partial charge in [0, 0.05) is 5.69 Å². The average molecular weight is 308 g/mol. The number of methoxy groups -OCH3 is 1. The van der Waals surface area contributed by atoms with Gasteiger partial charge >= 0.3 is 12.1 Å². The highest BCUT2D eigenvalue weighted by Crippen LogP contribution is 2.38. The number of anilines is 1. The molecule has 0 bridgehead atoms. The Labute approximate surface area is 119 Å². The first-order valence-corrected chi connectivity index (χ1v) is 6.42. The molecule has 1 aliphatic rings. The number of carbonyl (C=O) groups excluding carboxylic acids is 1. The van der Waals surface area contributed by atoms with Crippen LogP contribution in [0.15, 0.2) is 18.2 Å². The van der Waals surface area contributed by atoms with Gasteiger partial charge in [-0.15, -0.1) is 0 Å². The molecule has 1 saturated carbocycles. The first kappa shape index (κ1) is 15.0. The van der Waals surface area contributed by atoms with Crippen LogP contribution in [0, 0.1) is 5.92 Å². The summed E-state index contributed by atoms with van der Waals surface area (Å²) < 4.78 is 42.9. The summed E-state index contributed by atoms with van der Waals surface area (Å²) in [6, 6.07) is 2.85. The van der Waals surface area contributed by atoms with Gasteiger partial charge in [0.2, 0.25) is 0 Å². The lowest BCUT2D eigenvalue weighted by atomic mass is 10.1. The molecule has 20 heavy (non-hydrogen) atoms. The molecule has 1 N–H and O–H groups in total. The number of halogens is 4. The minimum absolute atomic E-state index is 0.104. The standard InChI is InChI=1S/C13H13ClF3NO2/c1-20-12(19)11(7-2-3-7)18-8-4-5-10(14)9(6-8)13(15,16)17/h4-7,11,18H,2-3H2,1H3. The maximum Gasteiger partial charge on any atom is 0.417 e. The molecule has 7 heteroatoms. The molecular formula is C13H13ClF3NO2. The van der Waals surface area contributed by atoms with Gasteiger partial charge in [-0.25, -0.2) is 4.79 Å². The summed E-state index contributed by atoms with van der Waals surface area (Å²) in [5.41, 5.74) is -0.729. The lowest BCUT2D eigenvalue weighted by molar-refractivity contribution is -0.142. The van der Waals surface area contributed by atoms with Gasteiger partial charge in [-0.05, 0) is 37.0 Å². The van der Waals surface area contributed by atoms with Crippen LogP contribution in [0.1, 0.15) is 18.4 Å². The minimum Gasteiger partial charge on any atom is -0.467 e. The molecule has 0 amide bonds. The second-order valence-corrected chi connectivity index (χ2v) is 5.08. The molecule has 110 valence electrons. The molecule has 0 saturated heterocycles. The van der Waals surface area contributed by atoms with Crippen LogP contribution in [-0.2, 0) is 15.7 Å². The van der Waals surface area contributed by atoms with Crippen molar-refractivity contribution < 1.29 is 22.7 Å². The van der Waals surface area contributed by atoms with E-state index in [4.69, 9.17) is 11.6 Å². The summed E-state index contributed by atoms with van der Waals surface area (Å²) >= 11 is 5.54. The van der Waals surface area contributed by atoms with Gasteiger partial charge in [0.15, 0.2) is 0 Å². The van der Waals surface area contributed by atoms with Gasteiger partial charge in [0.1, 0.15) is 6.04 Å². The van der Waals surface area contributed by atoms with E-state index in [2.05, 4.69) is 10.1 Å². The van der Waals surface area contributed by atoms with E-state index >= 15 is 0 Å². The van der Waals surface area contributed by atoms with Gasteiger partial charge in [-0.2, -0.15) is 13.2 Å². The van der Waals surface area contributed by atoms with Gasteiger partial charge < -0.3 is 10.1 Å². The second kappa shape index (κ2) is 5.52. The third-order valence-electron chi connectivity index (χ3n) is 3.14. The van der Waals surface area contributed by atoms with Crippen molar-refractivity contribution in [2.24, 2.45) is 5.92 Å². The molecule has 0 heterocycles. The van der Waals surface area contributed by atoms with Crippen molar-refractivity contribution in [2.75, 3.05) is 12.4 Å². The van der Waals surface area contributed by atoms with Crippen molar-refractivity contribution in [1.82, 2.24) is 0 Å². The number of carbonyl (C=O) groups is 1. The third kappa shape index (κ3) is 3.36. The predicted molar refractivity (Wildman–Crippen MR) is 68.6 cm³/mol. The molecular weight excluding hydrogens is 295 g/mol. The molecule has 1 aromatic rings. The molecule has 0 radical (unpaired) electrons. The number of rotatable bonds is 4. The molecule has 2 rings (SSSR count). The number of esters is 1. The fraction of sp³-hybridized carbons (Fsp3) is 0.462. The maximum atomic E-state index is 12.8. The van der Waals surface area contributed by atoms with Crippen molar-refractivity contribution in [3.05, 3.63) is 28.8 Å². The largest absolute Gasteiger partial charge is 0.467 e. The highest BCUT2D eigenvalue weighted by atomic mass is 35.5. The van der Waals surface area contributed by atoms with Gasteiger partial charge in [0.05, 0.1) is 17.7 Å². The smallest absolute Gasteiger partial charge is 0.417 e. The molecule has 1 aromatic carbocycles. The highest BCUT2D eigenvalue weighted by molar-refractivity contribution is 6.31. The Morgan fingerprint density at radius 2 is 2.10 bits per heavy atom. The van der Waals surface area contributed by atoms with Crippen LogP contribution in [0.3, 0.4) is 0 Å². The fourth-order valence-electron chi connectivity index (χ4n) is 1.94. The van der Waals surface area contributed by atoms with Crippen LogP contribution >= 0.6 is 11.6 Å². The van der Waals surface area contributed by atoms with Crippen LogP contribution in [0.5, 0.6) is 0 Å². The molecule has 1 atom stereocenters. The van der Waals surface area contributed by atoms with Crippen molar-refractivity contribution in [1.29, 1.82) is 0 Å². The van der Waals surface area contributed by atoms with Crippen LogP contribution < -0.4 is 5.32 Å². The van der Waals surface area contributed by atoms with Crippen molar-refractivity contribution in [3.8, 4) is 0 Å². The Hall–Kier alpha value is -1.43. The number of nitrogens with one attached hydrogen (secondary N) is 1. The SMILES string of the molecule is COC(=O)C(Nc1ccc(Cl)c(C(F)(F)F)c1)C1CC1. The summed E-state index contributed by atoms with van der Waals surface area (Å²) in [7, 11) is 1.25. The fourth-order valence-corrected chi connectivity index (χ4v) is 2.16. The minimum atomic E-state index is -4.53. The van der Waals surface area contributed by atoms with E-state index in [1.54, 1.807) is 0 Å². The molecule has 1 unspecified atom stereocenters. The Morgan fingerprint density at radius 3 is 2.60 bits per heavy atom. The lowest BCUT2D eigenvalue weighted by Gasteiger charge is -2.18. The van der Waals surface area contributed by atoms with E-state index in [9.17, 15) is 18.0 Å². The zero-order valence-corrected chi connectivity index (χ0v) is 11.4. The van der Waals surface area contributed by atoms with Crippen molar-refractivity contribution in [3.63, 3.8) is 0 Å². The van der Waals surface area contributed by atoms with Crippen LogP contribution in [0.25, 0.3) is 0 Å². The Bertz CT molecular complexity index is 515. The van der Waals surface area contributed by atoms with Gasteiger partial charge in [-0.3, -0.25) is 0 Å². The highest BCUT2D eigenvalue weighted by Gasteiger charge is 2.38. The summed E-state index contributed by atoms with van der Waals surface area (Å²) in [4.78, 5) is 11.6. The number of benzene rings is 1. The average Bonchev–Trinajstić information content (AvgIpc) is 3.19. The van der Waals surface area contributed by atoms with E-state index in [1.165, 1.54) is 13.2 Å². The van der Waals surface area contributed by atoms with Gasteiger partial charge in [-0.1, -0.05) is 11.6 Å². The summed E-state index contributed by atoms with van der Waals surface area (Å²) in [5, 5.41) is 2.43. The molecule has 0 aliphatic heterocycles. The number of alkyl halides is 3. The van der Waals surface area contributed by atoms with Crippen LogP contribution in [0.4, 0.5) is 18.9 Å². The number of hydrogen-bond donors (Lipinski definition) is 1. The Kier molecular flexibility index (Phi) is 4.13. The first-order valence-electron chi connectivity index (χ1n) is 6.04. The van der Waals surface area contributed by atoms with E-state index < -0.39 is 23.8 Å². The molecule has 1 aliphatic carbocycles. The van der Waals surface area contributed by atoms with Gasteiger partial charge in [0.25, 0.3) is 0 Å². The lowest BCUT2D eigenvalue weighted by Crippen LogP contribution is -2.32. The quantitative estimate of drug-likeness (QED) is 0.862. The van der Waals surface area contributed by atoms with Crippen LogP contribution in [0.2, 0.25) is 5.02 Å². The molecule has 1 fully saturated rings. The third-order valence-corrected chi connectivity index (χ3v) is 3.47. The maximum absolute atomic E-state index is 12.8. The normalized spacial score (nSPS) is 16.6. The van der Waals surface area contributed by atoms with Crippen LogP contribution in [-0.4, -0.2) is 19.1 Å². The monoisotopic (exact) mass is 307 g/mol. The Balaban J connectivity index is 2.22. The zero-order chi connectivity index (χ0) is 14.9. The number of ether oxygens (including phenoxy) is 1. The topological polar surface area (TPSA) is 38.3 Å². The summed E-state index contributed by atoms with van der Waals surface area (Å²) in [6.45, 7) is 0. The zero-order valence-electron chi connectivity index (χ0n) is 10.6. The van der Waals surface area contributed by atoms with Crippen molar-refractivity contribution >= 4 is 23.3 Å². The second-order valence-electron chi connectivity index (χ2n) is 4.67.